The molecule has 19 heavy (non-hydrogen) atoms. The number of halogens is 1. The maximum Gasteiger partial charge on any atom is 0.309 e. The molecular weight excluding hydrogens is 334 g/mol. The van der Waals surface area contributed by atoms with Crippen molar-refractivity contribution in [1.82, 2.24) is 4.72 Å². The van der Waals surface area contributed by atoms with E-state index in [0.717, 1.165) is 0 Å². The van der Waals surface area contributed by atoms with Crippen LogP contribution in [0.1, 0.15) is 5.56 Å². The van der Waals surface area contributed by atoms with Gasteiger partial charge in [-0.1, -0.05) is 34.6 Å². The molecule has 1 rings (SSSR count). The number of hydrogen-bond donors (Lipinski definition) is 1. The summed E-state index contributed by atoms with van der Waals surface area (Å²) in [6.07, 6.45) is 0.114. The fraction of sp³-hybridized carbons (Fsp3) is 0.250. The lowest BCUT2D eigenvalue weighted by Gasteiger charge is -2.06. The van der Waals surface area contributed by atoms with E-state index in [2.05, 4.69) is 32.0 Å². The van der Waals surface area contributed by atoms with Crippen molar-refractivity contribution in [3.05, 3.63) is 40.9 Å². The minimum atomic E-state index is -3.56. The predicted octanol–water partition coefficient (Wildman–Crippen LogP) is 1.59. The van der Waals surface area contributed by atoms with E-state index >= 15 is 0 Å². The van der Waals surface area contributed by atoms with Crippen LogP contribution in [0.4, 0.5) is 0 Å². The quantitative estimate of drug-likeness (QED) is 0.793. The van der Waals surface area contributed by atoms with Gasteiger partial charge in [-0.15, -0.1) is 0 Å². The number of sulfonamides is 1. The molecule has 0 aliphatic carbocycles. The topological polar surface area (TPSA) is 72.5 Å². The Hall–Kier alpha value is -1.18. The molecule has 0 aromatic heterocycles. The van der Waals surface area contributed by atoms with Crippen LogP contribution in [0.2, 0.25) is 0 Å². The van der Waals surface area contributed by atoms with Crippen molar-refractivity contribution in [2.75, 3.05) is 13.7 Å². The summed E-state index contributed by atoms with van der Waals surface area (Å²) in [5.41, 5.74) is 0.690. The van der Waals surface area contributed by atoms with Gasteiger partial charge in [-0.05, 0) is 17.7 Å². The van der Waals surface area contributed by atoms with Crippen LogP contribution in [-0.4, -0.2) is 28.0 Å². The fourth-order valence-electron chi connectivity index (χ4n) is 1.28. The highest BCUT2D eigenvalue weighted by atomic mass is 79.9. The summed E-state index contributed by atoms with van der Waals surface area (Å²) in [6.45, 7) is 3.66. The van der Waals surface area contributed by atoms with Crippen LogP contribution < -0.4 is 4.72 Å². The standard InChI is InChI=1S/C12H14BrNO4S/c1-9(13)8-14-19(16,17)11-5-3-10(4-6-11)7-12(15)18-2/h3-6,14H,1,7-8H2,2H3. The van der Waals surface area contributed by atoms with Crippen LogP contribution in [0.3, 0.4) is 0 Å². The molecule has 0 heterocycles. The van der Waals surface area contributed by atoms with E-state index in [-0.39, 0.29) is 23.8 Å². The van der Waals surface area contributed by atoms with Gasteiger partial charge in [0.25, 0.3) is 0 Å². The Morgan fingerprint density at radius 1 is 1.37 bits per heavy atom. The largest absolute Gasteiger partial charge is 0.469 e. The van der Waals surface area contributed by atoms with Crippen molar-refractivity contribution in [2.24, 2.45) is 0 Å². The maximum atomic E-state index is 11.9. The molecule has 104 valence electrons. The lowest BCUT2D eigenvalue weighted by atomic mass is 10.2. The zero-order valence-electron chi connectivity index (χ0n) is 10.3. The van der Waals surface area contributed by atoms with Crippen LogP contribution in [0.15, 0.2) is 40.2 Å². The van der Waals surface area contributed by atoms with Crippen molar-refractivity contribution in [3.8, 4) is 0 Å². The predicted molar refractivity (Wildman–Crippen MR) is 75.4 cm³/mol. The van der Waals surface area contributed by atoms with Gasteiger partial charge < -0.3 is 4.74 Å². The van der Waals surface area contributed by atoms with E-state index in [1.54, 1.807) is 12.1 Å². The molecule has 0 atom stereocenters. The molecule has 0 fully saturated rings. The highest BCUT2D eigenvalue weighted by molar-refractivity contribution is 9.11. The van der Waals surface area contributed by atoms with Crippen molar-refractivity contribution < 1.29 is 17.9 Å². The van der Waals surface area contributed by atoms with Gasteiger partial charge in [0.2, 0.25) is 10.0 Å². The molecule has 0 aliphatic heterocycles. The van der Waals surface area contributed by atoms with Crippen molar-refractivity contribution >= 4 is 31.9 Å². The lowest BCUT2D eigenvalue weighted by molar-refractivity contribution is -0.139. The number of carbonyl (C=O) groups excluding carboxylic acids is 1. The first-order valence-corrected chi connectivity index (χ1v) is 7.61. The Morgan fingerprint density at radius 3 is 2.42 bits per heavy atom. The second-order valence-corrected chi connectivity index (χ2v) is 6.63. The number of benzene rings is 1. The minimum absolute atomic E-state index is 0.114. The zero-order valence-corrected chi connectivity index (χ0v) is 12.8. The summed E-state index contributed by atoms with van der Waals surface area (Å²) >= 11 is 3.07. The highest BCUT2D eigenvalue weighted by Gasteiger charge is 2.13. The van der Waals surface area contributed by atoms with Gasteiger partial charge in [0.15, 0.2) is 0 Å². The molecule has 1 aromatic carbocycles. The zero-order chi connectivity index (χ0) is 14.5. The van der Waals surface area contributed by atoms with E-state index in [0.29, 0.717) is 10.0 Å². The number of carbonyl (C=O) groups is 1. The summed E-state index contributed by atoms with van der Waals surface area (Å²) in [4.78, 5) is 11.2. The normalized spacial score (nSPS) is 11.1. The Kier molecular flexibility index (Phi) is 5.71. The van der Waals surface area contributed by atoms with Crippen LogP contribution in [0.25, 0.3) is 0 Å². The number of esters is 1. The Bertz CT molecular complexity index is 566. The third-order valence-corrected chi connectivity index (χ3v) is 3.96. The van der Waals surface area contributed by atoms with E-state index in [9.17, 15) is 13.2 Å². The molecule has 1 N–H and O–H groups in total. The average molecular weight is 348 g/mol. The Morgan fingerprint density at radius 2 is 1.95 bits per heavy atom. The Labute approximate surface area is 120 Å². The summed E-state index contributed by atoms with van der Waals surface area (Å²) in [5, 5.41) is 0. The molecule has 5 nitrogen and oxygen atoms in total. The van der Waals surface area contributed by atoms with Gasteiger partial charge in [-0.25, -0.2) is 13.1 Å². The molecular formula is C12H14BrNO4S. The fourth-order valence-corrected chi connectivity index (χ4v) is 2.63. The molecule has 0 amide bonds. The highest BCUT2D eigenvalue weighted by Crippen LogP contribution is 2.12. The van der Waals surface area contributed by atoms with Crippen LogP contribution in [-0.2, 0) is 26.0 Å². The van der Waals surface area contributed by atoms with Crippen LogP contribution >= 0.6 is 15.9 Å². The monoisotopic (exact) mass is 347 g/mol. The second kappa shape index (κ2) is 6.83. The molecule has 0 spiro atoms. The van der Waals surface area contributed by atoms with E-state index in [1.807, 2.05) is 0 Å². The molecule has 0 bridgehead atoms. The van der Waals surface area contributed by atoms with Gasteiger partial charge >= 0.3 is 5.97 Å². The van der Waals surface area contributed by atoms with Gasteiger partial charge in [0.05, 0.1) is 18.4 Å². The SMILES string of the molecule is C=C(Br)CNS(=O)(=O)c1ccc(CC(=O)OC)cc1. The molecule has 7 heteroatoms. The number of methoxy groups -OCH3 is 1. The number of rotatable bonds is 6. The van der Waals surface area contributed by atoms with Crippen molar-refractivity contribution in [2.45, 2.75) is 11.3 Å². The first-order valence-electron chi connectivity index (χ1n) is 5.34. The molecule has 1 aromatic rings. The summed E-state index contributed by atoms with van der Waals surface area (Å²) in [6, 6.07) is 6.04. The van der Waals surface area contributed by atoms with Crippen LogP contribution in [0.5, 0.6) is 0 Å². The Balaban J connectivity index is 2.80. The first kappa shape index (κ1) is 15.9. The summed E-state index contributed by atoms with van der Waals surface area (Å²) in [7, 11) is -2.26. The lowest BCUT2D eigenvalue weighted by Crippen LogP contribution is -2.24. The smallest absolute Gasteiger partial charge is 0.309 e. The number of nitrogens with one attached hydrogen (secondary N) is 1. The second-order valence-electron chi connectivity index (χ2n) is 3.74. The van der Waals surface area contributed by atoms with Crippen molar-refractivity contribution in [3.63, 3.8) is 0 Å². The molecule has 0 radical (unpaired) electrons. The van der Waals surface area contributed by atoms with Gasteiger partial charge in [-0.2, -0.15) is 0 Å². The average Bonchev–Trinajstić information content (AvgIpc) is 2.37. The summed E-state index contributed by atoms with van der Waals surface area (Å²) in [5.74, 6) is -0.371. The molecule has 0 unspecified atom stereocenters. The molecule has 0 saturated heterocycles. The van der Waals surface area contributed by atoms with Crippen LogP contribution in [0, 0.1) is 0 Å². The van der Waals surface area contributed by atoms with E-state index < -0.39 is 10.0 Å². The minimum Gasteiger partial charge on any atom is -0.469 e. The third-order valence-electron chi connectivity index (χ3n) is 2.26. The van der Waals surface area contributed by atoms with Gasteiger partial charge in [0.1, 0.15) is 0 Å². The third kappa shape index (κ3) is 5.14. The summed E-state index contributed by atoms with van der Waals surface area (Å²) < 4.78 is 31.2. The van der Waals surface area contributed by atoms with Gasteiger partial charge in [0, 0.05) is 11.0 Å². The number of hydrogen-bond acceptors (Lipinski definition) is 4. The van der Waals surface area contributed by atoms with Gasteiger partial charge in [-0.3, -0.25) is 4.79 Å². The first-order chi connectivity index (χ1) is 8.85. The van der Waals surface area contributed by atoms with E-state index in [1.165, 1.54) is 19.2 Å². The molecule has 0 saturated carbocycles. The van der Waals surface area contributed by atoms with E-state index in [4.69, 9.17) is 0 Å². The van der Waals surface area contributed by atoms with Crippen molar-refractivity contribution in [1.29, 1.82) is 0 Å². The number of ether oxygens (including phenoxy) is 1. The molecule has 0 aliphatic rings. The maximum absolute atomic E-state index is 11.9.